The third-order valence-corrected chi connectivity index (χ3v) is 1.99. The summed E-state index contributed by atoms with van der Waals surface area (Å²) in [7, 11) is 0. The van der Waals surface area contributed by atoms with E-state index in [0.29, 0.717) is 6.54 Å². The number of nitrogens with zero attached hydrogens (tertiary/aromatic N) is 4. The van der Waals surface area contributed by atoms with Crippen LogP contribution < -0.4 is 5.73 Å². The Hall–Kier alpha value is -1.75. The second kappa shape index (κ2) is 3.55. The number of imidazole rings is 1. The van der Waals surface area contributed by atoms with E-state index in [2.05, 4.69) is 15.2 Å². The minimum absolute atomic E-state index is 0.413. The highest BCUT2D eigenvalue weighted by Crippen LogP contribution is 2.05. The van der Waals surface area contributed by atoms with E-state index >= 15 is 0 Å². The predicted octanol–water partition coefficient (Wildman–Crippen LogP) is 0.429. The van der Waals surface area contributed by atoms with E-state index in [0.717, 1.165) is 17.3 Å². The van der Waals surface area contributed by atoms with Crippen molar-refractivity contribution < 1.29 is 0 Å². The van der Waals surface area contributed by atoms with Crippen molar-refractivity contribution in [3.63, 3.8) is 0 Å². The van der Waals surface area contributed by atoms with Crippen molar-refractivity contribution in [2.45, 2.75) is 13.5 Å². The molecule has 0 saturated heterocycles. The first-order valence-corrected chi connectivity index (χ1v) is 4.34. The largest absolute Gasteiger partial charge is 0.325 e. The van der Waals surface area contributed by atoms with Crippen LogP contribution in [0, 0.1) is 6.92 Å². The highest BCUT2D eigenvalue weighted by Gasteiger charge is 2.01. The minimum Gasteiger partial charge on any atom is -0.325 e. The van der Waals surface area contributed by atoms with Gasteiger partial charge in [0.2, 0.25) is 0 Å². The van der Waals surface area contributed by atoms with Crippen molar-refractivity contribution in [1.29, 1.82) is 0 Å². The molecule has 0 aliphatic heterocycles. The Morgan fingerprint density at radius 2 is 2.21 bits per heavy atom. The molecule has 2 rings (SSSR count). The molecule has 0 amide bonds. The third-order valence-electron chi connectivity index (χ3n) is 1.99. The Labute approximate surface area is 81.6 Å². The van der Waals surface area contributed by atoms with Crippen LogP contribution in [0.15, 0.2) is 24.5 Å². The van der Waals surface area contributed by atoms with Gasteiger partial charge in [0.15, 0.2) is 5.82 Å². The summed E-state index contributed by atoms with van der Waals surface area (Å²) in [6.07, 6.45) is 3.58. The van der Waals surface area contributed by atoms with Gasteiger partial charge in [-0.2, -0.15) is 5.10 Å². The molecule has 0 aliphatic rings. The van der Waals surface area contributed by atoms with Gasteiger partial charge in [-0.1, -0.05) is 0 Å². The number of rotatable bonds is 2. The van der Waals surface area contributed by atoms with E-state index in [9.17, 15) is 0 Å². The molecule has 0 radical (unpaired) electrons. The molecule has 2 aromatic heterocycles. The van der Waals surface area contributed by atoms with Crippen LogP contribution in [-0.4, -0.2) is 19.7 Å². The predicted molar refractivity (Wildman–Crippen MR) is 51.8 cm³/mol. The maximum atomic E-state index is 5.43. The Bertz CT molecular complexity index is 417. The van der Waals surface area contributed by atoms with Crippen LogP contribution >= 0.6 is 0 Å². The maximum absolute atomic E-state index is 5.43. The fourth-order valence-corrected chi connectivity index (χ4v) is 1.21. The van der Waals surface area contributed by atoms with E-state index in [-0.39, 0.29) is 0 Å². The Morgan fingerprint density at radius 1 is 1.36 bits per heavy atom. The fraction of sp³-hybridized carbons (Fsp3) is 0.222. The molecule has 0 bridgehead atoms. The van der Waals surface area contributed by atoms with Gasteiger partial charge >= 0.3 is 0 Å². The van der Waals surface area contributed by atoms with Crippen LogP contribution in [-0.2, 0) is 6.54 Å². The number of hydrogen-bond donors (Lipinski definition) is 1. The molecule has 5 nitrogen and oxygen atoms in total. The smallest absolute Gasteiger partial charge is 0.160 e. The van der Waals surface area contributed by atoms with Crippen LogP contribution in [0.25, 0.3) is 5.82 Å². The summed E-state index contributed by atoms with van der Waals surface area (Å²) in [5.41, 5.74) is 6.21. The monoisotopic (exact) mass is 189 g/mol. The van der Waals surface area contributed by atoms with Crippen molar-refractivity contribution >= 4 is 0 Å². The van der Waals surface area contributed by atoms with Crippen molar-refractivity contribution in [1.82, 2.24) is 19.7 Å². The minimum atomic E-state index is 0.413. The van der Waals surface area contributed by atoms with Crippen molar-refractivity contribution in [2.75, 3.05) is 0 Å². The maximum Gasteiger partial charge on any atom is 0.160 e. The van der Waals surface area contributed by atoms with Gasteiger partial charge in [0.25, 0.3) is 0 Å². The molecule has 0 aromatic carbocycles. The van der Waals surface area contributed by atoms with Crippen LogP contribution in [0.4, 0.5) is 0 Å². The molecular weight excluding hydrogens is 178 g/mol. The number of nitrogens with two attached hydrogens (primary N) is 1. The van der Waals surface area contributed by atoms with Crippen molar-refractivity contribution in [2.24, 2.45) is 5.73 Å². The Kier molecular flexibility index (Phi) is 2.24. The van der Waals surface area contributed by atoms with E-state index in [1.807, 2.05) is 29.8 Å². The van der Waals surface area contributed by atoms with Crippen LogP contribution in [0.3, 0.4) is 0 Å². The van der Waals surface area contributed by atoms with E-state index < -0.39 is 0 Å². The van der Waals surface area contributed by atoms with Crippen molar-refractivity contribution in [3.05, 3.63) is 36.0 Å². The number of hydrogen-bond acceptors (Lipinski definition) is 4. The average molecular weight is 189 g/mol. The summed E-state index contributed by atoms with van der Waals surface area (Å²) in [5.74, 6) is 1.65. The molecule has 0 spiro atoms. The molecule has 14 heavy (non-hydrogen) atoms. The van der Waals surface area contributed by atoms with E-state index in [1.165, 1.54) is 0 Å². The molecule has 0 unspecified atom stereocenters. The first-order valence-electron chi connectivity index (χ1n) is 4.34. The molecule has 0 atom stereocenters. The quantitative estimate of drug-likeness (QED) is 0.743. The molecular formula is C9H11N5. The van der Waals surface area contributed by atoms with Crippen LogP contribution in [0.2, 0.25) is 0 Å². The molecule has 72 valence electrons. The molecule has 2 N–H and O–H groups in total. The summed E-state index contributed by atoms with van der Waals surface area (Å²) < 4.78 is 1.87. The lowest BCUT2D eigenvalue weighted by molar-refractivity contribution is 0.837. The second-order valence-electron chi connectivity index (χ2n) is 2.93. The zero-order chi connectivity index (χ0) is 9.97. The zero-order valence-electron chi connectivity index (χ0n) is 7.88. The topological polar surface area (TPSA) is 69.6 Å². The molecule has 0 saturated carbocycles. The van der Waals surface area contributed by atoms with Crippen molar-refractivity contribution in [3.8, 4) is 5.82 Å². The van der Waals surface area contributed by atoms with Gasteiger partial charge < -0.3 is 5.73 Å². The van der Waals surface area contributed by atoms with Gasteiger partial charge in [0.1, 0.15) is 5.82 Å². The highest BCUT2D eigenvalue weighted by atomic mass is 15.2. The van der Waals surface area contributed by atoms with E-state index in [1.54, 1.807) is 6.20 Å². The summed E-state index contributed by atoms with van der Waals surface area (Å²) in [6.45, 7) is 2.33. The molecule has 0 fully saturated rings. The third kappa shape index (κ3) is 1.49. The molecule has 0 aliphatic carbocycles. The van der Waals surface area contributed by atoms with Gasteiger partial charge in [0, 0.05) is 18.9 Å². The standard InChI is InChI=1S/C9H11N5/c1-7-11-4-5-14(7)9-3-2-8(6-10)12-13-9/h2-5H,6,10H2,1H3. The lowest BCUT2D eigenvalue weighted by Gasteiger charge is -2.02. The van der Waals surface area contributed by atoms with Gasteiger partial charge in [-0.15, -0.1) is 5.10 Å². The highest BCUT2D eigenvalue weighted by molar-refractivity contribution is 5.23. The molecule has 2 heterocycles. The van der Waals surface area contributed by atoms with Gasteiger partial charge in [-0.25, -0.2) is 4.98 Å². The normalized spacial score (nSPS) is 10.4. The lowest BCUT2D eigenvalue weighted by Crippen LogP contribution is -2.05. The second-order valence-corrected chi connectivity index (χ2v) is 2.93. The summed E-state index contributed by atoms with van der Waals surface area (Å²) >= 11 is 0. The first-order chi connectivity index (χ1) is 6.81. The van der Waals surface area contributed by atoms with Crippen LogP contribution in [0.5, 0.6) is 0 Å². The Balaban J connectivity index is 2.39. The van der Waals surface area contributed by atoms with Crippen LogP contribution in [0.1, 0.15) is 11.5 Å². The lowest BCUT2D eigenvalue weighted by atomic mass is 10.4. The summed E-state index contributed by atoms with van der Waals surface area (Å²) in [5, 5.41) is 8.02. The van der Waals surface area contributed by atoms with Gasteiger partial charge in [0.05, 0.1) is 5.69 Å². The van der Waals surface area contributed by atoms with E-state index in [4.69, 9.17) is 5.73 Å². The number of aromatic nitrogens is 4. The molecule has 2 aromatic rings. The zero-order valence-corrected chi connectivity index (χ0v) is 7.88. The first kappa shape index (κ1) is 8.83. The Morgan fingerprint density at radius 3 is 2.71 bits per heavy atom. The summed E-state index contributed by atoms with van der Waals surface area (Å²) in [4.78, 5) is 4.11. The molecule has 5 heteroatoms. The number of aryl methyl sites for hydroxylation is 1. The van der Waals surface area contributed by atoms with Gasteiger partial charge in [-0.05, 0) is 19.1 Å². The summed E-state index contributed by atoms with van der Waals surface area (Å²) in [6, 6.07) is 3.74. The van der Waals surface area contributed by atoms with Gasteiger partial charge in [-0.3, -0.25) is 4.57 Å². The average Bonchev–Trinajstić information content (AvgIpc) is 2.65. The SMILES string of the molecule is Cc1nccn1-c1ccc(CN)nn1. The fourth-order valence-electron chi connectivity index (χ4n) is 1.21.